The zero-order chi connectivity index (χ0) is 19.3. The Morgan fingerprint density at radius 3 is 2.82 bits per heavy atom. The minimum Gasteiger partial charge on any atom is -0.506 e. The molecule has 2 fully saturated rings. The smallest absolute Gasteiger partial charge is 0.139 e. The van der Waals surface area contributed by atoms with Crippen molar-refractivity contribution in [2.24, 2.45) is 5.92 Å². The second-order valence-electron chi connectivity index (χ2n) is 9.42. The first-order valence-corrected chi connectivity index (χ1v) is 11.0. The molecule has 2 aromatic rings. The molecule has 1 heterocycles. The lowest BCUT2D eigenvalue weighted by molar-refractivity contribution is 0.0796. The van der Waals surface area contributed by atoms with Crippen LogP contribution in [0.1, 0.15) is 68.6 Å². The second kappa shape index (κ2) is 6.81. The van der Waals surface area contributed by atoms with Crippen molar-refractivity contribution >= 4 is 11.4 Å². The van der Waals surface area contributed by atoms with Crippen LogP contribution < -0.4 is 10.6 Å². The number of hydrogen-bond donors (Lipinski definition) is 3. The Balaban J connectivity index is 1.56. The molecule has 28 heavy (non-hydrogen) atoms. The highest BCUT2D eigenvalue weighted by Gasteiger charge is 2.51. The van der Waals surface area contributed by atoms with Gasteiger partial charge in [0.25, 0.3) is 0 Å². The molecule has 2 bridgehead atoms. The normalized spacial score (nSPS) is 28.5. The third-order valence-corrected chi connectivity index (χ3v) is 7.61. The molecule has 0 amide bonds. The van der Waals surface area contributed by atoms with E-state index in [4.69, 9.17) is 0 Å². The first kappa shape index (κ1) is 18.1. The van der Waals surface area contributed by atoms with E-state index in [0.717, 1.165) is 30.3 Å². The van der Waals surface area contributed by atoms with E-state index in [9.17, 15) is 5.11 Å². The molecule has 2 aliphatic carbocycles. The molecular weight excluding hydrogens is 344 g/mol. The molecule has 3 nitrogen and oxygen atoms in total. The number of piperidine rings is 1. The van der Waals surface area contributed by atoms with Crippen molar-refractivity contribution in [3.63, 3.8) is 0 Å². The molecule has 1 saturated heterocycles. The van der Waals surface area contributed by atoms with Crippen LogP contribution in [0.3, 0.4) is 0 Å². The van der Waals surface area contributed by atoms with Gasteiger partial charge in [-0.1, -0.05) is 44.9 Å². The van der Waals surface area contributed by atoms with Crippen molar-refractivity contribution in [2.75, 3.05) is 11.9 Å². The fraction of sp³-hybridized carbons (Fsp3) is 0.520. The Morgan fingerprint density at radius 2 is 1.96 bits per heavy atom. The zero-order valence-electron chi connectivity index (χ0n) is 17.1. The lowest BCUT2D eigenvalue weighted by atomic mass is 9.53. The number of phenolic OH excluding ortho intramolecular Hbond substituents is 1. The number of fused-ring (bicyclic) bond motifs is 1. The Labute approximate surface area is 168 Å². The topological polar surface area (TPSA) is 44.3 Å². The summed E-state index contributed by atoms with van der Waals surface area (Å²) in [6.07, 6.45) is 7.60. The number of benzene rings is 2. The minimum absolute atomic E-state index is 0.285. The van der Waals surface area contributed by atoms with E-state index < -0.39 is 0 Å². The second-order valence-corrected chi connectivity index (χ2v) is 9.42. The fourth-order valence-corrected chi connectivity index (χ4v) is 6.33. The van der Waals surface area contributed by atoms with Crippen molar-refractivity contribution in [3.8, 4) is 5.75 Å². The Hall–Kier alpha value is -2.00. The van der Waals surface area contributed by atoms with Gasteiger partial charge in [-0.3, -0.25) is 0 Å². The van der Waals surface area contributed by atoms with Gasteiger partial charge in [0.2, 0.25) is 0 Å². The van der Waals surface area contributed by atoms with Crippen molar-refractivity contribution in [3.05, 3.63) is 53.1 Å². The SMILES string of the molecule is CC(C)c1ccccc1Nc1cc2c(cc1O)[C@]13CCCC[C@@H]1[C@H](C2)NCC3. The van der Waals surface area contributed by atoms with Crippen LogP contribution in [0.4, 0.5) is 11.4 Å². The molecule has 3 atom stereocenters. The molecular formula is C25H32N2O. The molecule has 0 unspecified atom stereocenters. The lowest BCUT2D eigenvalue weighted by Crippen LogP contribution is -2.59. The zero-order valence-corrected chi connectivity index (χ0v) is 17.1. The minimum atomic E-state index is 0.285. The highest BCUT2D eigenvalue weighted by atomic mass is 16.3. The van der Waals surface area contributed by atoms with E-state index in [2.05, 4.69) is 60.9 Å². The summed E-state index contributed by atoms with van der Waals surface area (Å²) >= 11 is 0. The van der Waals surface area contributed by atoms with E-state index in [1.807, 2.05) is 0 Å². The molecule has 3 N–H and O–H groups in total. The van der Waals surface area contributed by atoms with Crippen molar-refractivity contribution in [2.45, 2.75) is 69.7 Å². The molecule has 0 radical (unpaired) electrons. The maximum absolute atomic E-state index is 11.0. The quantitative estimate of drug-likeness (QED) is 0.611. The van der Waals surface area contributed by atoms with E-state index in [1.54, 1.807) is 0 Å². The number of rotatable bonds is 3. The molecule has 148 valence electrons. The van der Waals surface area contributed by atoms with Crippen LogP contribution in [-0.2, 0) is 11.8 Å². The number of phenols is 1. The summed E-state index contributed by atoms with van der Waals surface area (Å²) in [6.45, 7) is 5.54. The average Bonchev–Trinajstić information content (AvgIpc) is 2.70. The summed E-state index contributed by atoms with van der Waals surface area (Å²) in [7, 11) is 0. The molecule has 5 rings (SSSR count). The molecule has 2 aromatic carbocycles. The van der Waals surface area contributed by atoms with Crippen LogP contribution in [0.5, 0.6) is 5.75 Å². The van der Waals surface area contributed by atoms with Gasteiger partial charge in [0.1, 0.15) is 5.75 Å². The van der Waals surface area contributed by atoms with Gasteiger partial charge in [0, 0.05) is 17.1 Å². The van der Waals surface area contributed by atoms with Gasteiger partial charge in [-0.15, -0.1) is 0 Å². The molecule has 3 aliphatic rings. The third-order valence-electron chi connectivity index (χ3n) is 7.61. The van der Waals surface area contributed by atoms with E-state index in [1.165, 1.54) is 48.8 Å². The van der Waals surface area contributed by atoms with Crippen molar-refractivity contribution < 1.29 is 5.11 Å². The summed E-state index contributed by atoms with van der Waals surface area (Å²) in [4.78, 5) is 0. The predicted molar refractivity (Wildman–Crippen MR) is 116 cm³/mol. The van der Waals surface area contributed by atoms with Gasteiger partial charge < -0.3 is 15.7 Å². The molecule has 1 aliphatic heterocycles. The first-order valence-electron chi connectivity index (χ1n) is 11.0. The number of para-hydroxylation sites is 1. The number of aromatic hydroxyl groups is 1. The van der Waals surface area contributed by atoms with E-state index >= 15 is 0 Å². The Kier molecular flexibility index (Phi) is 4.39. The molecule has 1 saturated carbocycles. The van der Waals surface area contributed by atoms with E-state index in [0.29, 0.717) is 17.7 Å². The van der Waals surface area contributed by atoms with Gasteiger partial charge in [0.05, 0.1) is 5.69 Å². The molecule has 0 aromatic heterocycles. The maximum Gasteiger partial charge on any atom is 0.139 e. The van der Waals surface area contributed by atoms with Crippen molar-refractivity contribution in [1.82, 2.24) is 5.32 Å². The summed E-state index contributed by atoms with van der Waals surface area (Å²) in [6, 6.07) is 13.4. The number of hydrogen-bond acceptors (Lipinski definition) is 3. The monoisotopic (exact) mass is 376 g/mol. The summed E-state index contributed by atoms with van der Waals surface area (Å²) in [5.74, 6) is 1.57. The van der Waals surface area contributed by atoms with Gasteiger partial charge in [-0.05, 0) is 79.0 Å². The van der Waals surface area contributed by atoms with Gasteiger partial charge in [-0.25, -0.2) is 0 Å². The fourth-order valence-electron chi connectivity index (χ4n) is 6.33. The van der Waals surface area contributed by atoms with E-state index in [-0.39, 0.29) is 5.41 Å². The molecule has 0 spiro atoms. The highest BCUT2D eigenvalue weighted by Crippen LogP contribution is 2.55. The standard InChI is InChI=1S/C25H32N2O/c1-16(2)18-7-3-4-9-21(18)27-23-14-17-13-22-19-8-5-6-10-25(19,11-12-26-22)20(17)15-24(23)28/h3-4,7,9,14-16,19,22,26-28H,5-6,8,10-13H2,1-2H3/t19-,22+,25+/m1/s1. The highest BCUT2D eigenvalue weighted by molar-refractivity contribution is 5.71. The lowest BCUT2D eigenvalue weighted by Gasteiger charge is -2.56. The van der Waals surface area contributed by atoms with Crippen molar-refractivity contribution in [1.29, 1.82) is 0 Å². The summed E-state index contributed by atoms with van der Waals surface area (Å²) in [5.41, 5.74) is 6.37. The van der Waals surface area contributed by atoms with Crippen LogP contribution in [0.2, 0.25) is 0 Å². The van der Waals surface area contributed by atoms with Crippen LogP contribution >= 0.6 is 0 Å². The first-order chi connectivity index (χ1) is 13.6. The largest absolute Gasteiger partial charge is 0.506 e. The maximum atomic E-state index is 11.0. The predicted octanol–water partition coefficient (Wildman–Crippen LogP) is 5.61. The van der Waals surface area contributed by atoms with Crippen LogP contribution in [-0.4, -0.2) is 17.7 Å². The van der Waals surface area contributed by atoms with Gasteiger partial charge in [0.15, 0.2) is 0 Å². The summed E-state index contributed by atoms with van der Waals surface area (Å²) < 4.78 is 0. The molecule has 3 heteroatoms. The van der Waals surface area contributed by atoms with Crippen LogP contribution in [0.25, 0.3) is 0 Å². The number of anilines is 2. The summed E-state index contributed by atoms with van der Waals surface area (Å²) in [5, 5.41) is 18.3. The number of nitrogens with one attached hydrogen (secondary N) is 2. The van der Waals surface area contributed by atoms with Crippen LogP contribution in [0.15, 0.2) is 36.4 Å². The van der Waals surface area contributed by atoms with Gasteiger partial charge in [-0.2, -0.15) is 0 Å². The average molecular weight is 377 g/mol. The Bertz CT molecular complexity index is 886. The van der Waals surface area contributed by atoms with Gasteiger partial charge >= 0.3 is 0 Å². The third kappa shape index (κ3) is 2.75. The van der Waals surface area contributed by atoms with Crippen LogP contribution in [0, 0.1) is 5.92 Å². The Morgan fingerprint density at radius 1 is 1.11 bits per heavy atom.